The highest BCUT2D eigenvalue weighted by atomic mass is 32.2. The van der Waals surface area contributed by atoms with Crippen molar-refractivity contribution in [3.05, 3.63) is 35.4 Å². The number of hydrogen-bond donors (Lipinski definition) is 1. The third-order valence-electron chi connectivity index (χ3n) is 5.64. The van der Waals surface area contributed by atoms with Gasteiger partial charge in [0.2, 0.25) is 0 Å². The Balaban J connectivity index is 2.29. The molecule has 1 aliphatic heterocycles. The van der Waals surface area contributed by atoms with E-state index in [0.29, 0.717) is 26.2 Å². The first-order valence-electron chi connectivity index (χ1n) is 11.0. The maximum atomic E-state index is 13.5. The average molecular weight is 470 g/mol. The lowest BCUT2D eigenvalue weighted by molar-refractivity contribution is -0.139. The quantitative estimate of drug-likeness (QED) is 0.221. The summed E-state index contributed by atoms with van der Waals surface area (Å²) < 4.78 is 26.7. The first-order chi connectivity index (χ1) is 14.3. The lowest BCUT2D eigenvalue weighted by atomic mass is 9.86. The molecule has 1 aromatic rings. The van der Waals surface area contributed by atoms with Crippen molar-refractivity contribution in [1.29, 1.82) is 0 Å². The Bertz CT molecular complexity index is 725. The summed E-state index contributed by atoms with van der Waals surface area (Å²) in [7, 11) is -1.22. The van der Waals surface area contributed by atoms with Gasteiger partial charge in [-0.15, -0.1) is 0 Å². The van der Waals surface area contributed by atoms with Crippen LogP contribution in [-0.4, -0.2) is 59.3 Å². The van der Waals surface area contributed by atoms with E-state index in [4.69, 9.17) is 9.47 Å². The number of rotatable bonds is 11. The largest absolute Gasteiger partial charge is 0.597 e. The standard InChI is InChI=1S/C23H39NO5SSi/c1-8-20(21(25)26)18-9-11-19(12-10-18)23(15-29-16-23)24(30(27)22(2,3)4)17-28-13-14-31(5,6)7/h9-12,20H,8,13-17H2,1-7H3,(H,25,26). The minimum absolute atomic E-state index is 0.270. The number of aliphatic carboxylic acids is 1. The Morgan fingerprint density at radius 2 is 1.87 bits per heavy atom. The average Bonchev–Trinajstić information content (AvgIpc) is 2.62. The Labute approximate surface area is 191 Å². The molecule has 1 aromatic carbocycles. The molecule has 31 heavy (non-hydrogen) atoms. The van der Waals surface area contributed by atoms with E-state index in [-0.39, 0.29) is 6.73 Å². The van der Waals surface area contributed by atoms with Crippen LogP contribution >= 0.6 is 0 Å². The van der Waals surface area contributed by atoms with Gasteiger partial charge in [-0.25, -0.2) is 0 Å². The van der Waals surface area contributed by atoms with Gasteiger partial charge in [0.25, 0.3) is 0 Å². The predicted octanol–water partition coefficient (Wildman–Crippen LogP) is 4.57. The monoisotopic (exact) mass is 469 g/mol. The highest BCUT2D eigenvalue weighted by Crippen LogP contribution is 2.41. The van der Waals surface area contributed by atoms with Crippen molar-refractivity contribution < 1.29 is 23.9 Å². The summed E-state index contributed by atoms with van der Waals surface area (Å²) in [6.07, 6.45) is 0.536. The van der Waals surface area contributed by atoms with Crippen molar-refractivity contribution in [3.63, 3.8) is 0 Å². The van der Waals surface area contributed by atoms with Crippen molar-refractivity contribution in [2.45, 2.75) is 76.0 Å². The van der Waals surface area contributed by atoms with Crippen molar-refractivity contribution in [2.24, 2.45) is 0 Å². The summed E-state index contributed by atoms with van der Waals surface area (Å²) >= 11 is -1.30. The zero-order chi connectivity index (χ0) is 23.4. The molecule has 1 aliphatic rings. The number of benzene rings is 1. The van der Waals surface area contributed by atoms with Crippen LogP contribution in [0.25, 0.3) is 0 Å². The van der Waals surface area contributed by atoms with Crippen LogP contribution in [-0.2, 0) is 31.2 Å². The van der Waals surface area contributed by atoms with E-state index >= 15 is 0 Å². The molecule has 0 saturated carbocycles. The number of nitrogens with zero attached hydrogens (tertiary/aromatic N) is 1. The maximum Gasteiger partial charge on any atom is 0.310 e. The highest BCUT2D eigenvalue weighted by molar-refractivity contribution is 7.90. The van der Waals surface area contributed by atoms with Gasteiger partial charge < -0.3 is 19.1 Å². The Morgan fingerprint density at radius 3 is 2.26 bits per heavy atom. The summed E-state index contributed by atoms with van der Waals surface area (Å²) in [6, 6.07) is 8.72. The van der Waals surface area contributed by atoms with Gasteiger partial charge in [-0.05, 0) is 44.4 Å². The molecular weight excluding hydrogens is 430 g/mol. The molecule has 1 N–H and O–H groups in total. The van der Waals surface area contributed by atoms with E-state index in [1.165, 1.54) is 0 Å². The second-order valence-electron chi connectivity index (χ2n) is 10.5. The van der Waals surface area contributed by atoms with Crippen LogP contribution in [0.4, 0.5) is 0 Å². The van der Waals surface area contributed by atoms with Gasteiger partial charge in [-0.3, -0.25) is 4.79 Å². The summed E-state index contributed by atoms with van der Waals surface area (Å²) in [5.41, 5.74) is 1.22. The smallest absolute Gasteiger partial charge is 0.310 e. The van der Waals surface area contributed by atoms with E-state index in [1.807, 2.05) is 56.3 Å². The molecular formula is C23H39NO5SSi. The van der Waals surface area contributed by atoms with Crippen LogP contribution in [0.3, 0.4) is 0 Å². The lowest BCUT2D eigenvalue weighted by Gasteiger charge is -2.50. The fourth-order valence-electron chi connectivity index (χ4n) is 3.52. The van der Waals surface area contributed by atoms with Crippen LogP contribution in [0, 0.1) is 0 Å². The Kier molecular flexibility index (Phi) is 8.80. The molecule has 2 rings (SSSR count). The summed E-state index contributed by atoms with van der Waals surface area (Å²) in [5.74, 6) is -1.34. The fourth-order valence-corrected chi connectivity index (χ4v) is 5.63. The second-order valence-corrected chi connectivity index (χ2v) is 18.3. The van der Waals surface area contributed by atoms with E-state index in [1.54, 1.807) is 0 Å². The SMILES string of the molecule is CCC(C(=O)O)c1ccc(C2(N(COCC[Si](C)(C)C)[S+]([O-])C(C)(C)C)COC2)cc1. The molecule has 0 spiro atoms. The first-order valence-corrected chi connectivity index (χ1v) is 15.8. The molecule has 1 fully saturated rings. The van der Waals surface area contributed by atoms with Crippen molar-refractivity contribution in [1.82, 2.24) is 4.31 Å². The van der Waals surface area contributed by atoms with E-state index in [0.717, 1.165) is 17.2 Å². The first kappa shape index (κ1) is 26.4. The topological polar surface area (TPSA) is 82.1 Å². The van der Waals surface area contributed by atoms with Gasteiger partial charge in [0.05, 0.1) is 19.1 Å². The second kappa shape index (κ2) is 10.4. The number of carbonyl (C=O) groups is 1. The summed E-state index contributed by atoms with van der Waals surface area (Å²) in [4.78, 5) is 11.5. The minimum Gasteiger partial charge on any atom is -0.597 e. The van der Waals surface area contributed by atoms with Crippen LogP contribution < -0.4 is 0 Å². The molecule has 2 atom stereocenters. The van der Waals surface area contributed by atoms with Gasteiger partial charge in [0.15, 0.2) is 0 Å². The molecule has 0 aromatic heterocycles. The number of hydrogen-bond acceptors (Lipinski definition) is 5. The molecule has 8 heteroatoms. The van der Waals surface area contributed by atoms with Gasteiger partial charge in [-0.2, -0.15) is 0 Å². The molecule has 1 heterocycles. The molecule has 0 amide bonds. The Hall–Kier alpha value is -0.903. The van der Waals surface area contributed by atoms with Crippen LogP contribution in [0.1, 0.15) is 51.2 Å². The third-order valence-corrected chi connectivity index (χ3v) is 9.25. The molecule has 176 valence electrons. The summed E-state index contributed by atoms with van der Waals surface area (Å²) in [5, 5.41) is 9.46. The molecule has 0 aliphatic carbocycles. The molecule has 0 bridgehead atoms. The normalized spacial score (nSPS) is 18.5. The summed E-state index contributed by atoms with van der Waals surface area (Å²) in [6.45, 7) is 16.5. The van der Waals surface area contributed by atoms with Gasteiger partial charge in [-0.1, -0.05) is 55.1 Å². The van der Waals surface area contributed by atoms with Gasteiger partial charge in [0.1, 0.15) is 17.0 Å². The highest BCUT2D eigenvalue weighted by Gasteiger charge is 2.54. The van der Waals surface area contributed by atoms with Crippen LogP contribution in [0.2, 0.25) is 25.7 Å². The van der Waals surface area contributed by atoms with Crippen LogP contribution in [0.5, 0.6) is 0 Å². The van der Waals surface area contributed by atoms with Crippen molar-refractivity contribution in [3.8, 4) is 0 Å². The molecule has 2 unspecified atom stereocenters. The lowest BCUT2D eigenvalue weighted by Crippen LogP contribution is -2.64. The number of carboxylic acids is 1. The fraction of sp³-hybridized carbons (Fsp3) is 0.696. The minimum atomic E-state index is -1.30. The van der Waals surface area contributed by atoms with E-state index < -0.39 is 41.6 Å². The van der Waals surface area contributed by atoms with E-state index in [2.05, 4.69) is 19.6 Å². The van der Waals surface area contributed by atoms with E-state index in [9.17, 15) is 14.5 Å². The van der Waals surface area contributed by atoms with Gasteiger partial charge >= 0.3 is 5.97 Å². The molecule has 1 saturated heterocycles. The zero-order valence-corrected chi connectivity index (χ0v) is 21.9. The molecule has 6 nitrogen and oxygen atoms in total. The van der Waals surface area contributed by atoms with Crippen LogP contribution in [0.15, 0.2) is 24.3 Å². The predicted molar refractivity (Wildman–Crippen MR) is 128 cm³/mol. The number of ether oxygens (including phenoxy) is 2. The zero-order valence-electron chi connectivity index (χ0n) is 20.1. The maximum absolute atomic E-state index is 13.5. The Morgan fingerprint density at radius 1 is 1.29 bits per heavy atom. The van der Waals surface area contributed by atoms with Crippen molar-refractivity contribution in [2.75, 3.05) is 26.6 Å². The molecule has 0 radical (unpaired) electrons. The third kappa shape index (κ3) is 6.55. The number of carboxylic acid groups (broad SMARTS) is 1. The van der Waals surface area contributed by atoms with Gasteiger partial charge in [0, 0.05) is 26.0 Å². The van der Waals surface area contributed by atoms with Crippen molar-refractivity contribution >= 4 is 25.4 Å².